The monoisotopic (exact) mass is 229 g/mol. The number of H-pyrrole nitrogens is 1. The Hall–Kier alpha value is -0.650. The molecule has 4 N–H and O–H groups in total. The van der Waals surface area contributed by atoms with Crippen LogP contribution < -0.4 is 15.9 Å². The van der Waals surface area contributed by atoms with Gasteiger partial charge in [0.25, 0.3) is 0 Å². The van der Waals surface area contributed by atoms with Crippen molar-refractivity contribution >= 4 is 11.3 Å². The molecule has 0 aromatic carbocycles. The lowest BCUT2D eigenvalue weighted by atomic mass is 9.87. The minimum absolute atomic E-state index is 0.00748. The summed E-state index contributed by atoms with van der Waals surface area (Å²) in [6.07, 6.45) is 0. The fourth-order valence-corrected chi connectivity index (χ4v) is 1.65. The molecular formula is C10H19N3OS. The van der Waals surface area contributed by atoms with E-state index in [0.717, 1.165) is 12.2 Å². The first-order valence-corrected chi connectivity index (χ1v) is 5.90. The molecule has 4 nitrogen and oxygen atoms in total. The fourth-order valence-electron chi connectivity index (χ4n) is 1.07. The number of aromatic nitrogens is 1. The molecule has 1 rings (SSSR count). The van der Waals surface area contributed by atoms with Gasteiger partial charge in [-0.2, -0.15) is 0 Å². The third-order valence-electron chi connectivity index (χ3n) is 2.36. The molecule has 5 heteroatoms. The molecule has 0 spiro atoms. The Morgan fingerprint density at radius 2 is 2.27 bits per heavy atom. The van der Waals surface area contributed by atoms with Crippen LogP contribution in [0.5, 0.6) is 0 Å². The zero-order valence-electron chi connectivity index (χ0n) is 9.46. The Balaban J connectivity index is 2.31. The molecule has 0 bridgehead atoms. The Morgan fingerprint density at radius 1 is 1.60 bits per heavy atom. The van der Waals surface area contributed by atoms with Crippen molar-refractivity contribution in [1.29, 1.82) is 0 Å². The Labute approximate surface area is 93.9 Å². The second-order valence-corrected chi connectivity index (χ2v) is 5.62. The van der Waals surface area contributed by atoms with E-state index < -0.39 is 0 Å². The first-order valence-electron chi connectivity index (χ1n) is 5.02. The lowest BCUT2D eigenvalue weighted by Gasteiger charge is -2.27. The highest BCUT2D eigenvalue weighted by Gasteiger charge is 2.19. The molecule has 15 heavy (non-hydrogen) atoms. The zero-order valence-corrected chi connectivity index (χ0v) is 10.3. The molecule has 1 unspecified atom stereocenters. The highest BCUT2D eigenvalue weighted by Crippen LogP contribution is 2.16. The van der Waals surface area contributed by atoms with Crippen LogP contribution in [0, 0.1) is 5.41 Å². The summed E-state index contributed by atoms with van der Waals surface area (Å²) >= 11 is 1.19. The Bertz CT molecular complexity index is 350. The number of aromatic amines is 1. The SMILES string of the molecule is CC(C)(C)C(N)CNCc1csc(=O)[nH]1. The van der Waals surface area contributed by atoms with Crippen molar-refractivity contribution < 1.29 is 0 Å². The number of nitrogens with two attached hydrogens (primary N) is 1. The van der Waals surface area contributed by atoms with Crippen molar-refractivity contribution in [3.05, 3.63) is 20.7 Å². The van der Waals surface area contributed by atoms with Gasteiger partial charge in [0, 0.05) is 30.2 Å². The molecule has 0 saturated carbocycles. The highest BCUT2D eigenvalue weighted by molar-refractivity contribution is 7.07. The van der Waals surface area contributed by atoms with Gasteiger partial charge in [0.2, 0.25) is 0 Å². The van der Waals surface area contributed by atoms with Crippen LogP contribution in [0.2, 0.25) is 0 Å². The molecular weight excluding hydrogens is 210 g/mol. The summed E-state index contributed by atoms with van der Waals surface area (Å²) in [5.74, 6) is 0. The smallest absolute Gasteiger partial charge is 0.304 e. The standard InChI is InChI=1S/C10H19N3OS/c1-10(2,3)8(11)5-12-4-7-6-15-9(14)13-7/h6,8,12H,4-5,11H2,1-3H3,(H,13,14). The fraction of sp³-hybridized carbons (Fsp3) is 0.700. The second kappa shape index (κ2) is 4.92. The molecule has 0 aliphatic carbocycles. The van der Waals surface area contributed by atoms with Crippen molar-refractivity contribution in [2.45, 2.75) is 33.4 Å². The van der Waals surface area contributed by atoms with Crippen molar-refractivity contribution in [2.24, 2.45) is 11.1 Å². The summed E-state index contributed by atoms with van der Waals surface area (Å²) in [5.41, 5.74) is 7.02. The van der Waals surface area contributed by atoms with Gasteiger partial charge in [0.05, 0.1) is 0 Å². The molecule has 1 aromatic rings. The summed E-state index contributed by atoms with van der Waals surface area (Å²) in [7, 11) is 0. The van der Waals surface area contributed by atoms with Crippen LogP contribution in [0.3, 0.4) is 0 Å². The first kappa shape index (κ1) is 12.4. The van der Waals surface area contributed by atoms with E-state index in [0.29, 0.717) is 6.54 Å². The van der Waals surface area contributed by atoms with E-state index in [4.69, 9.17) is 5.73 Å². The van der Waals surface area contributed by atoms with E-state index in [2.05, 4.69) is 31.1 Å². The average Bonchev–Trinajstić information content (AvgIpc) is 2.49. The third-order valence-corrected chi connectivity index (χ3v) is 3.08. The van der Waals surface area contributed by atoms with Crippen molar-refractivity contribution in [1.82, 2.24) is 10.3 Å². The van der Waals surface area contributed by atoms with Crippen molar-refractivity contribution in [2.75, 3.05) is 6.54 Å². The van der Waals surface area contributed by atoms with Crippen molar-refractivity contribution in [3.8, 4) is 0 Å². The maximum absolute atomic E-state index is 10.9. The van der Waals surface area contributed by atoms with Gasteiger partial charge in [-0.05, 0) is 5.41 Å². The van der Waals surface area contributed by atoms with E-state index in [1.807, 2.05) is 5.38 Å². The molecule has 0 saturated heterocycles. The summed E-state index contributed by atoms with van der Waals surface area (Å²) in [6.45, 7) is 7.77. The zero-order chi connectivity index (χ0) is 11.5. The Kier molecular flexibility index (Phi) is 4.07. The molecule has 86 valence electrons. The molecule has 1 aromatic heterocycles. The maximum atomic E-state index is 10.9. The minimum atomic E-state index is -0.00748. The number of rotatable bonds is 4. The molecule has 0 aliphatic rings. The molecule has 1 heterocycles. The number of hydrogen-bond acceptors (Lipinski definition) is 4. The van der Waals surface area contributed by atoms with E-state index in [-0.39, 0.29) is 16.3 Å². The number of thiazole rings is 1. The summed E-state index contributed by atoms with van der Waals surface area (Å²) < 4.78 is 0. The highest BCUT2D eigenvalue weighted by atomic mass is 32.1. The van der Waals surface area contributed by atoms with E-state index in [9.17, 15) is 4.79 Å². The van der Waals surface area contributed by atoms with Gasteiger partial charge in [-0.3, -0.25) is 4.79 Å². The van der Waals surface area contributed by atoms with Gasteiger partial charge in [-0.1, -0.05) is 32.1 Å². The normalized spacial score (nSPS) is 14.1. The largest absolute Gasteiger partial charge is 0.326 e. The molecule has 0 radical (unpaired) electrons. The van der Waals surface area contributed by atoms with Gasteiger partial charge in [0.1, 0.15) is 0 Å². The first-order chi connectivity index (χ1) is 6.89. The van der Waals surface area contributed by atoms with Gasteiger partial charge >= 0.3 is 4.87 Å². The third kappa shape index (κ3) is 4.15. The van der Waals surface area contributed by atoms with Crippen LogP contribution >= 0.6 is 11.3 Å². The number of hydrogen-bond donors (Lipinski definition) is 3. The predicted octanol–water partition coefficient (Wildman–Crippen LogP) is 0.899. The van der Waals surface area contributed by atoms with Crippen LogP contribution in [0.4, 0.5) is 0 Å². The van der Waals surface area contributed by atoms with Crippen molar-refractivity contribution in [3.63, 3.8) is 0 Å². The lowest BCUT2D eigenvalue weighted by Crippen LogP contribution is -2.43. The topological polar surface area (TPSA) is 70.9 Å². The summed E-state index contributed by atoms with van der Waals surface area (Å²) in [4.78, 5) is 13.6. The van der Waals surface area contributed by atoms with Gasteiger partial charge < -0.3 is 16.0 Å². The van der Waals surface area contributed by atoms with Crippen LogP contribution in [0.25, 0.3) is 0 Å². The average molecular weight is 229 g/mol. The van der Waals surface area contributed by atoms with Crippen LogP contribution in [0.15, 0.2) is 10.2 Å². The van der Waals surface area contributed by atoms with Gasteiger partial charge in [-0.25, -0.2) is 0 Å². The second-order valence-electron chi connectivity index (χ2n) is 4.78. The minimum Gasteiger partial charge on any atom is -0.326 e. The molecule has 0 fully saturated rings. The van der Waals surface area contributed by atoms with E-state index >= 15 is 0 Å². The quantitative estimate of drug-likeness (QED) is 0.718. The maximum Gasteiger partial charge on any atom is 0.304 e. The van der Waals surface area contributed by atoms with Gasteiger partial charge in [-0.15, -0.1) is 0 Å². The summed E-state index contributed by atoms with van der Waals surface area (Å²) in [6, 6.07) is 0.114. The molecule has 0 aliphatic heterocycles. The van der Waals surface area contributed by atoms with E-state index in [1.54, 1.807) is 0 Å². The van der Waals surface area contributed by atoms with E-state index in [1.165, 1.54) is 11.3 Å². The lowest BCUT2D eigenvalue weighted by molar-refractivity contribution is 0.309. The predicted molar refractivity (Wildman–Crippen MR) is 64.1 cm³/mol. The van der Waals surface area contributed by atoms with Crippen LogP contribution in [-0.2, 0) is 6.54 Å². The number of nitrogens with one attached hydrogen (secondary N) is 2. The molecule has 0 amide bonds. The Morgan fingerprint density at radius 3 is 2.73 bits per heavy atom. The van der Waals surface area contributed by atoms with Crippen LogP contribution in [0.1, 0.15) is 26.5 Å². The molecule has 1 atom stereocenters. The van der Waals surface area contributed by atoms with Crippen LogP contribution in [-0.4, -0.2) is 17.6 Å². The van der Waals surface area contributed by atoms with Gasteiger partial charge in [0.15, 0.2) is 0 Å². The summed E-state index contributed by atoms with van der Waals surface area (Å²) in [5, 5.41) is 5.06.